The smallest absolute Gasteiger partial charge is 0.126 e. The van der Waals surface area contributed by atoms with Crippen LogP contribution in [0.2, 0.25) is 0 Å². The molecule has 0 saturated carbocycles. The molecule has 0 bridgehead atoms. The van der Waals surface area contributed by atoms with E-state index in [9.17, 15) is 0 Å². The summed E-state index contributed by atoms with van der Waals surface area (Å²) in [6.45, 7) is 9.28. The van der Waals surface area contributed by atoms with Crippen LogP contribution in [0, 0.1) is 6.92 Å². The zero-order valence-electron chi connectivity index (χ0n) is 13.3. The number of halogens is 1. The van der Waals surface area contributed by atoms with Gasteiger partial charge in [-0.3, -0.25) is 4.90 Å². The lowest BCUT2D eigenvalue weighted by atomic mass is 10.1. The lowest BCUT2D eigenvalue weighted by Gasteiger charge is -2.32. The van der Waals surface area contributed by atoms with Gasteiger partial charge in [-0.25, -0.2) is 0 Å². The topological polar surface area (TPSA) is 27.7 Å². The van der Waals surface area contributed by atoms with Gasteiger partial charge in [-0.1, -0.05) is 15.9 Å². The molecule has 1 saturated heterocycles. The zero-order chi connectivity index (χ0) is 15.2. The van der Waals surface area contributed by atoms with Gasteiger partial charge < -0.3 is 15.0 Å². The highest BCUT2D eigenvalue weighted by molar-refractivity contribution is 9.10. The second-order valence-corrected chi connectivity index (χ2v) is 6.65. The number of likely N-dealkylation sites (N-methyl/N-ethyl adjacent to an activating group) is 1. The Morgan fingerprint density at radius 2 is 1.95 bits per heavy atom. The van der Waals surface area contributed by atoms with Crippen LogP contribution in [0.15, 0.2) is 16.6 Å². The minimum absolute atomic E-state index is 0.753. The van der Waals surface area contributed by atoms with Crippen molar-refractivity contribution in [3.05, 3.63) is 27.7 Å². The molecule has 1 aromatic carbocycles. The highest BCUT2D eigenvalue weighted by Crippen LogP contribution is 2.28. The number of nitrogens with zero attached hydrogens (tertiary/aromatic N) is 2. The van der Waals surface area contributed by atoms with E-state index in [0.717, 1.165) is 56.1 Å². The number of piperazine rings is 1. The number of aryl methyl sites for hydroxylation is 1. The van der Waals surface area contributed by atoms with Crippen LogP contribution in [0.4, 0.5) is 0 Å². The SMILES string of the molecule is CNCc1cc(Br)cc(C)c1OCCN1CCN(C)CC1. The molecular weight excluding hydrogens is 330 g/mol. The summed E-state index contributed by atoms with van der Waals surface area (Å²) in [5.41, 5.74) is 2.40. The van der Waals surface area contributed by atoms with Crippen molar-refractivity contribution in [3.8, 4) is 5.75 Å². The molecule has 0 radical (unpaired) electrons. The molecule has 0 spiro atoms. The van der Waals surface area contributed by atoms with E-state index in [-0.39, 0.29) is 0 Å². The molecular formula is C16H26BrN3O. The quantitative estimate of drug-likeness (QED) is 0.845. The van der Waals surface area contributed by atoms with Crippen LogP contribution >= 0.6 is 15.9 Å². The maximum absolute atomic E-state index is 6.09. The number of hydrogen-bond acceptors (Lipinski definition) is 4. The first-order valence-corrected chi connectivity index (χ1v) is 8.36. The standard InChI is InChI=1S/C16H26BrN3O/c1-13-10-15(17)11-14(12-18-2)16(13)21-9-8-20-6-4-19(3)5-7-20/h10-11,18H,4-9,12H2,1-3H3. The van der Waals surface area contributed by atoms with Gasteiger partial charge in [-0.05, 0) is 38.7 Å². The van der Waals surface area contributed by atoms with Gasteiger partial charge in [0, 0.05) is 49.3 Å². The van der Waals surface area contributed by atoms with E-state index in [4.69, 9.17) is 4.74 Å². The van der Waals surface area contributed by atoms with Crippen LogP contribution in [0.3, 0.4) is 0 Å². The largest absolute Gasteiger partial charge is 0.492 e. The van der Waals surface area contributed by atoms with Crippen molar-refractivity contribution < 1.29 is 4.74 Å². The molecule has 1 aliphatic heterocycles. The molecule has 1 heterocycles. The Bertz CT molecular complexity index is 459. The van der Waals surface area contributed by atoms with Crippen molar-refractivity contribution in [1.82, 2.24) is 15.1 Å². The zero-order valence-corrected chi connectivity index (χ0v) is 14.9. The van der Waals surface area contributed by atoms with Crippen LogP contribution in [0.1, 0.15) is 11.1 Å². The summed E-state index contributed by atoms with van der Waals surface area (Å²) in [5, 5.41) is 3.21. The maximum atomic E-state index is 6.09. The molecule has 2 rings (SSSR count). The summed E-state index contributed by atoms with van der Waals surface area (Å²) in [7, 11) is 4.15. The Morgan fingerprint density at radius 3 is 2.62 bits per heavy atom. The third-order valence-electron chi connectivity index (χ3n) is 3.93. The van der Waals surface area contributed by atoms with Gasteiger partial charge in [0.25, 0.3) is 0 Å². The van der Waals surface area contributed by atoms with E-state index in [1.54, 1.807) is 0 Å². The number of ether oxygens (including phenoxy) is 1. The highest BCUT2D eigenvalue weighted by Gasteiger charge is 2.14. The molecule has 1 aliphatic rings. The van der Waals surface area contributed by atoms with Crippen LogP contribution in [0.5, 0.6) is 5.75 Å². The Labute approximate surface area is 136 Å². The van der Waals surface area contributed by atoms with Crippen LogP contribution in [-0.2, 0) is 6.54 Å². The molecule has 0 amide bonds. The van der Waals surface area contributed by atoms with E-state index in [2.05, 4.69) is 57.2 Å². The van der Waals surface area contributed by atoms with Gasteiger partial charge in [-0.2, -0.15) is 0 Å². The molecule has 1 aromatic rings. The fourth-order valence-corrected chi connectivity index (χ4v) is 3.30. The average molecular weight is 356 g/mol. The van der Waals surface area contributed by atoms with Crippen molar-refractivity contribution in [2.75, 3.05) is 53.4 Å². The molecule has 1 fully saturated rings. The lowest BCUT2D eigenvalue weighted by Crippen LogP contribution is -2.45. The average Bonchev–Trinajstić information content (AvgIpc) is 2.44. The van der Waals surface area contributed by atoms with Gasteiger partial charge in [0.2, 0.25) is 0 Å². The van der Waals surface area contributed by atoms with E-state index in [0.29, 0.717) is 0 Å². The van der Waals surface area contributed by atoms with Gasteiger partial charge in [0.15, 0.2) is 0 Å². The second-order valence-electron chi connectivity index (χ2n) is 5.73. The van der Waals surface area contributed by atoms with E-state index in [1.165, 1.54) is 11.1 Å². The lowest BCUT2D eigenvalue weighted by molar-refractivity contribution is 0.133. The summed E-state index contributed by atoms with van der Waals surface area (Å²) < 4.78 is 7.20. The van der Waals surface area contributed by atoms with E-state index >= 15 is 0 Å². The highest BCUT2D eigenvalue weighted by atomic mass is 79.9. The fourth-order valence-electron chi connectivity index (χ4n) is 2.68. The minimum atomic E-state index is 0.753. The minimum Gasteiger partial charge on any atom is -0.492 e. The molecule has 21 heavy (non-hydrogen) atoms. The molecule has 0 aromatic heterocycles. The van der Waals surface area contributed by atoms with Crippen molar-refractivity contribution in [1.29, 1.82) is 0 Å². The maximum Gasteiger partial charge on any atom is 0.126 e. The van der Waals surface area contributed by atoms with Crippen LogP contribution < -0.4 is 10.1 Å². The van der Waals surface area contributed by atoms with Crippen molar-refractivity contribution >= 4 is 15.9 Å². The van der Waals surface area contributed by atoms with Gasteiger partial charge in [-0.15, -0.1) is 0 Å². The summed E-state index contributed by atoms with van der Waals surface area (Å²) in [6.07, 6.45) is 0. The molecule has 0 unspecified atom stereocenters. The monoisotopic (exact) mass is 355 g/mol. The second kappa shape index (κ2) is 8.13. The predicted molar refractivity (Wildman–Crippen MR) is 91.1 cm³/mol. The summed E-state index contributed by atoms with van der Waals surface area (Å²) in [4.78, 5) is 4.85. The molecule has 1 N–H and O–H groups in total. The molecule has 118 valence electrons. The fraction of sp³-hybridized carbons (Fsp3) is 0.625. The van der Waals surface area contributed by atoms with Crippen LogP contribution in [-0.4, -0.2) is 63.2 Å². The Balaban J connectivity index is 1.90. The Morgan fingerprint density at radius 1 is 1.24 bits per heavy atom. The summed E-state index contributed by atoms with van der Waals surface area (Å²) in [6, 6.07) is 4.25. The van der Waals surface area contributed by atoms with Crippen molar-refractivity contribution in [2.45, 2.75) is 13.5 Å². The molecule has 0 aliphatic carbocycles. The Kier molecular flexibility index (Phi) is 6.48. The Hall–Kier alpha value is -0.620. The first-order chi connectivity index (χ1) is 10.1. The first-order valence-electron chi connectivity index (χ1n) is 7.57. The van der Waals surface area contributed by atoms with Crippen LogP contribution in [0.25, 0.3) is 0 Å². The van der Waals surface area contributed by atoms with E-state index in [1.807, 2.05) is 7.05 Å². The molecule has 5 heteroatoms. The number of rotatable bonds is 6. The number of nitrogens with one attached hydrogen (secondary N) is 1. The van der Waals surface area contributed by atoms with Crippen molar-refractivity contribution in [2.24, 2.45) is 0 Å². The van der Waals surface area contributed by atoms with E-state index < -0.39 is 0 Å². The number of benzene rings is 1. The summed E-state index contributed by atoms with van der Waals surface area (Å²) in [5.74, 6) is 1.03. The third kappa shape index (κ3) is 4.95. The summed E-state index contributed by atoms with van der Waals surface area (Å²) >= 11 is 3.56. The van der Waals surface area contributed by atoms with Gasteiger partial charge in [0.05, 0.1) is 0 Å². The predicted octanol–water partition coefficient (Wildman–Crippen LogP) is 2.10. The normalized spacial score (nSPS) is 17.1. The first kappa shape index (κ1) is 16.7. The molecule has 4 nitrogen and oxygen atoms in total. The van der Waals surface area contributed by atoms with Gasteiger partial charge >= 0.3 is 0 Å². The molecule has 0 atom stereocenters. The number of hydrogen-bond donors (Lipinski definition) is 1. The van der Waals surface area contributed by atoms with Gasteiger partial charge in [0.1, 0.15) is 12.4 Å². The van der Waals surface area contributed by atoms with Crippen molar-refractivity contribution in [3.63, 3.8) is 0 Å². The third-order valence-corrected chi connectivity index (χ3v) is 4.39.